The van der Waals surface area contributed by atoms with Crippen molar-refractivity contribution >= 4 is 6.09 Å². The first-order valence-corrected chi connectivity index (χ1v) is 17.8. The van der Waals surface area contributed by atoms with Crippen molar-refractivity contribution in [3.8, 4) is 11.5 Å². The van der Waals surface area contributed by atoms with Crippen molar-refractivity contribution in [2.24, 2.45) is 11.8 Å². The summed E-state index contributed by atoms with van der Waals surface area (Å²) >= 11 is 0. The molecule has 0 bridgehead atoms. The number of aliphatic hydroxyl groups is 2. The van der Waals surface area contributed by atoms with Gasteiger partial charge < -0.3 is 34.6 Å². The van der Waals surface area contributed by atoms with E-state index in [1.54, 1.807) is 11.1 Å². The highest BCUT2D eigenvalue weighted by Crippen LogP contribution is 2.51. The van der Waals surface area contributed by atoms with Crippen LogP contribution in [0.2, 0.25) is 0 Å². The first-order chi connectivity index (χ1) is 22.7. The van der Waals surface area contributed by atoms with E-state index in [0.29, 0.717) is 37.0 Å². The molecule has 1 amide bonds. The fourth-order valence-electron chi connectivity index (χ4n) is 6.48. The van der Waals surface area contributed by atoms with E-state index in [-0.39, 0.29) is 18.7 Å². The number of rotatable bonds is 16. The maximum absolute atomic E-state index is 12.2. The molecule has 260 valence electrons. The molecule has 6 rings (SSSR count). The van der Waals surface area contributed by atoms with Crippen molar-refractivity contribution in [3.63, 3.8) is 0 Å². The van der Waals surface area contributed by atoms with E-state index >= 15 is 0 Å². The van der Waals surface area contributed by atoms with Gasteiger partial charge in [-0.1, -0.05) is 12.8 Å². The van der Waals surface area contributed by atoms with Crippen molar-refractivity contribution in [2.75, 3.05) is 39.5 Å². The summed E-state index contributed by atoms with van der Waals surface area (Å²) < 4.78 is 17.2. The Balaban J connectivity index is 0.000000193. The minimum Gasteiger partial charge on any atom is -0.490 e. The lowest BCUT2D eigenvalue weighted by molar-refractivity contribution is -0.0141. The minimum atomic E-state index is -0.478. The number of aromatic nitrogens is 2. The Hall–Kier alpha value is -2.95. The highest BCUT2D eigenvalue weighted by Gasteiger charge is 2.39. The van der Waals surface area contributed by atoms with Crippen molar-refractivity contribution in [3.05, 3.63) is 48.0 Å². The third-order valence-corrected chi connectivity index (χ3v) is 9.73. The number of unbranched alkanes of at least 4 members (excludes halogenated alkanes) is 2. The summed E-state index contributed by atoms with van der Waals surface area (Å²) in [7, 11) is 0. The van der Waals surface area contributed by atoms with Crippen LogP contribution in [0.15, 0.2) is 36.9 Å². The average Bonchev–Trinajstić information content (AvgIpc) is 3.92. The van der Waals surface area contributed by atoms with Crippen LogP contribution in [0.5, 0.6) is 11.5 Å². The van der Waals surface area contributed by atoms with E-state index in [9.17, 15) is 4.79 Å². The largest absolute Gasteiger partial charge is 0.490 e. The lowest BCUT2D eigenvalue weighted by Gasteiger charge is -2.40. The summed E-state index contributed by atoms with van der Waals surface area (Å²) in [6.45, 7) is 9.28. The standard InChI is InChI=1S/C21H32N2O4.C16H24N2O2/c1-21(2,3)27-20(25)23-8-7-17(23)14-26-18-10-16(12-22-13-18)19-11-15(19)6-4-5-9-24;19-6-2-1-3-12-8-16(12)13-7-15(10-17-9-13)20-11-14-4-5-18-14/h10,12-13,15,17,19,24H,4-9,11,14H2,1-3H3;7,9-10,12,14,16,18-19H,1-6,8,11H2/t15-,17-,19-;12-,14-,16-/m00/s1. The fourth-order valence-corrected chi connectivity index (χ4v) is 6.48. The number of hydrogen-bond acceptors (Lipinski definition) is 9. The molecule has 0 unspecified atom stereocenters. The number of nitrogens with zero attached hydrogens (tertiary/aromatic N) is 3. The van der Waals surface area contributed by atoms with Crippen molar-refractivity contribution in [1.29, 1.82) is 0 Å². The Bertz CT molecular complexity index is 1270. The lowest BCUT2D eigenvalue weighted by Crippen LogP contribution is -2.55. The van der Waals surface area contributed by atoms with E-state index in [4.69, 9.17) is 24.4 Å². The Morgan fingerprint density at radius 2 is 1.40 bits per heavy atom. The number of carbonyl (C=O) groups excluding carboxylic acids is 1. The van der Waals surface area contributed by atoms with Gasteiger partial charge in [-0.05, 0) is 126 Å². The molecule has 4 aliphatic rings. The van der Waals surface area contributed by atoms with Crippen LogP contribution in [0.3, 0.4) is 0 Å². The second-order valence-electron chi connectivity index (χ2n) is 14.7. The summed E-state index contributed by atoms with van der Waals surface area (Å²) in [6.07, 6.45) is 18.2. The highest BCUT2D eigenvalue weighted by molar-refractivity contribution is 5.69. The van der Waals surface area contributed by atoms with Gasteiger partial charge in [0.1, 0.15) is 30.3 Å². The second kappa shape index (κ2) is 16.9. The predicted molar refractivity (Wildman–Crippen MR) is 181 cm³/mol. The summed E-state index contributed by atoms with van der Waals surface area (Å²) in [6, 6.07) is 4.82. The van der Waals surface area contributed by atoms with E-state index < -0.39 is 5.60 Å². The molecule has 3 N–H and O–H groups in total. The zero-order valence-corrected chi connectivity index (χ0v) is 28.6. The molecule has 10 heteroatoms. The number of carbonyl (C=O) groups is 1. The third kappa shape index (κ3) is 11.0. The molecule has 2 aliphatic carbocycles. The van der Waals surface area contributed by atoms with E-state index in [2.05, 4.69) is 27.4 Å². The number of amides is 1. The van der Waals surface area contributed by atoms with Gasteiger partial charge in [-0.15, -0.1) is 0 Å². The zero-order valence-electron chi connectivity index (χ0n) is 28.6. The first kappa shape index (κ1) is 35.4. The van der Waals surface area contributed by atoms with Crippen molar-refractivity contribution < 1.29 is 29.2 Å². The van der Waals surface area contributed by atoms with Crippen LogP contribution in [0.25, 0.3) is 0 Å². The van der Waals surface area contributed by atoms with Crippen LogP contribution in [0.4, 0.5) is 4.79 Å². The van der Waals surface area contributed by atoms with E-state index in [0.717, 1.165) is 69.2 Å². The monoisotopic (exact) mass is 652 g/mol. The molecular formula is C37H56N4O6. The van der Waals surface area contributed by atoms with Gasteiger partial charge in [0.05, 0.1) is 18.4 Å². The predicted octanol–water partition coefficient (Wildman–Crippen LogP) is 5.82. The quantitative estimate of drug-likeness (QED) is 0.192. The summed E-state index contributed by atoms with van der Waals surface area (Å²) in [5, 5.41) is 21.0. The van der Waals surface area contributed by atoms with Crippen LogP contribution < -0.4 is 14.8 Å². The first-order valence-electron chi connectivity index (χ1n) is 17.8. The maximum Gasteiger partial charge on any atom is 0.410 e. The molecule has 0 radical (unpaired) electrons. The average molecular weight is 653 g/mol. The maximum atomic E-state index is 12.2. The molecular weight excluding hydrogens is 596 g/mol. The molecule has 2 aromatic heterocycles. The van der Waals surface area contributed by atoms with Gasteiger partial charge in [-0.2, -0.15) is 0 Å². The molecule has 10 nitrogen and oxygen atoms in total. The van der Waals surface area contributed by atoms with Gasteiger partial charge >= 0.3 is 6.09 Å². The molecule has 2 aliphatic heterocycles. The molecule has 4 heterocycles. The Morgan fingerprint density at radius 1 is 0.851 bits per heavy atom. The number of likely N-dealkylation sites (tertiary alicyclic amines) is 1. The summed E-state index contributed by atoms with van der Waals surface area (Å²) in [5.74, 6) is 4.39. The van der Waals surface area contributed by atoms with Crippen molar-refractivity contribution in [2.45, 2.75) is 114 Å². The number of nitrogens with one attached hydrogen (secondary N) is 1. The van der Waals surface area contributed by atoms with Crippen molar-refractivity contribution in [1.82, 2.24) is 20.2 Å². The lowest BCUT2D eigenvalue weighted by atomic mass is 10.1. The topological polar surface area (TPSA) is 126 Å². The number of aliphatic hydroxyl groups excluding tert-OH is 2. The van der Waals surface area contributed by atoms with Gasteiger partial charge in [-0.25, -0.2) is 4.79 Å². The second-order valence-corrected chi connectivity index (χ2v) is 14.7. The third-order valence-electron chi connectivity index (χ3n) is 9.73. The Kier molecular flexibility index (Phi) is 12.7. The highest BCUT2D eigenvalue weighted by atomic mass is 16.6. The molecule has 2 saturated heterocycles. The van der Waals surface area contributed by atoms with Crippen LogP contribution in [-0.2, 0) is 4.74 Å². The van der Waals surface area contributed by atoms with Crippen LogP contribution in [-0.4, -0.2) is 88.4 Å². The van der Waals surface area contributed by atoms with Crippen LogP contribution in [0.1, 0.15) is 108 Å². The fraction of sp³-hybridized carbons (Fsp3) is 0.703. The number of hydrogen-bond donors (Lipinski definition) is 3. The summed E-state index contributed by atoms with van der Waals surface area (Å²) in [5.41, 5.74) is 2.08. The van der Waals surface area contributed by atoms with Crippen LogP contribution in [0, 0.1) is 11.8 Å². The molecule has 0 aromatic carbocycles. The summed E-state index contributed by atoms with van der Waals surface area (Å²) in [4.78, 5) is 22.6. The molecule has 4 fully saturated rings. The number of ether oxygens (including phenoxy) is 3. The van der Waals surface area contributed by atoms with E-state index in [1.165, 1.54) is 43.2 Å². The van der Waals surface area contributed by atoms with E-state index in [1.807, 2.05) is 39.4 Å². The van der Waals surface area contributed by atoms with Gasteiger partial charge in [0.25, 0.3) is 0 Å². The smallest absolute Gasteiger partial charge is 0.410 e. The van der Waals surface area contributed by atoms with Gasteiger partial charge in [0, 0.05) is 38.2 Å². The van der Waals surface area contributed by atoms with Gasteiger partial charge in [0.15, 0.2) is 0 Å². The Morgan fingerprint density at radius 3 is 1.85 bits per heavy atom. The molecule has 0 spiro atoms. The SMILES string of the molecule is CC(C)(C)OC(=O)N1CC[C@H]1COc1cncc([C@H]2C[C@@H]2CCCCO)c1.OCCCC[C@H]1C[C@@H]1c1cncc(OC[C@@H]2CCN2)c1. The normalized spacial score (nSPS) is 25.9. The molecule has 47 heavy (non-hydrogen) atoms. The minimum absolute atomic E-state index is 0.0654. The van der Waals surface area contributed by atoms with Gasteiger partial charge in [0.2, 0.25) is 0 Å². The molecule has 6 atom stereocenters. The van der Waals surface area contributed by atoms with Crippen LogP contribution >= 0.6 is 0 Å². The molecule has 2 saturated carbocycles. The zero-order chi connectivity index (χ0) is 33.2. The molecule has 2 aromatic rings. The number of pyridine rings is 2. The Labute approximate surface area is 280 Å². The van der Waals surface area contributed by atoms with Gasteiger partial charge in [-0.3, -0.25) is 9.97 Å².